The smallest absolute Gasteiger partial charge is 0.260 e. The lowest BCUT2D eigenvalue weighted by atomic mass is 9.74. The van der Waals surface area contributed by atoms with Crippen LogP contribution in [0.5, 0.6) is 0 Å². The lowest BCUT2D eigenvalue weighted by Gasteiger charge is -2.31. The normalized spacial score (nSPS) is 21.2. The molecule has 2 aromatic rings. The van der Waals surface area contributed by atoms with Crippen molar-refractivity contribution in [2.45, 2.75) is 18.9 Å². The van der Waals surface area contributed by atoms with Crippen LogP contribution in [-0.2, 0) is 4.79 Å². The maximum Gasteiger partial charge on any atom is 0.260 e. The van der Waals surface area contributed by atoms with E-state index in [4.69, 9.17) is 0 Å². The van der Waals surface area contributed by atoms with Gasteiger partial charge in [0.05, 0.1) is 11.5 Å². The van der Waals surface area contributed by atoms with Crippen molar-refractivity contribution in [3.63, 3.8) is 0 Å². The molecule has 0 saturated carbocycles. The summed E-state index contributed by atoms with van der Waals surface area (Å²) >= 11 is 0. The Morgan fingerprint density at radius 2 is 1.76 bits per heavy atom. The first kappa shape index (κ1) is 17.1. The van der Waals surface area contributed by atoms with Crippen LogP contribution in [0.15, 0.2) is 73.3 Å². The number of allylic oxidation sites excluding steroid dienone is 1. The molecule has 0 aromatic heterocycles. The number of likely N-dealkylation sites (tertiary alicyclic amines) is 1. The molecule has 1 saturated heterocycles. The summed E-state index contributed by atoms with van der Waals surface area (Å²) in [5, 5.41) is 10.9. The van der Waals surface area contributed by atoms with Crippen LogP contribution < -0.4 is 0 Å². The predicted octanol–water partition coefficient (Wildman–Crippen LogP) is 3.36. The van der Waals surface area contributed by atoms with E-state index in [0.717, 1.165) is 0 Å². The van der Waals surface area contributed by atoms with Gasteiger partial charge in [0, 0.05) is 12.1 Å². The van der Waals surface area contributed by atoms with Crippen molar-refractivity contribution in [3.8, 4) is 0 Å². The van der Waals surface area contributed by atoms with E-state index in [1.54, 1.807) is 42.5 Å². The molecule has 3 rings (SSSR count). The first-order valence-electron chi connectivity index (χ1n) is 8.35. The molecule has 4 nitrogen and oxygen atoms in total. The van der Waals surface area contributed by atoms with E-state index in [9.17, 15) is 14.7 Å². The Labute approximate surface area is 147 Å². The molecule has 2 atom stereocenters. The summed E-state index contributed by atoms with van der Waals surface area (Å²) in [5.41, 5.74) is 0.0965. The quantitative estimate of drug-likeness (QED) is 0.673. The van der Waals surface area contributed by atoms with Gasteiger partial charge in [0.1, 0.15) is 0 Å². The van der Waals surface area contributed by atoms with Crippen molar-refractivity contribution < 1.29 is 14.7 Å². The zero-order valence-electron chi connectivity index (χ0n) is 14.0. The molecule has 1 heterocycles. The van der Waals surface area contributed by atoms with Gasteiger partial charge in [-0.2, -0.15) is 0 Å². The van der Waals surface area contributed by atoms with Crippen LogP contribution in [0.3, 0.4) is 0 Å². The van der Waals surface area contributed by atoms with Crippen LogP contribution in [-0.4, -0.2) is 28.4 Å². The summed E-state index contributed by atoms with van der Waals surface area (Å²) in [6, 6.07) is 17.8. The molecule has 4 heteroatoms. The summed E-state index contributed by atoms with van der Waals surface area (Å²) < 4.78 is 0. The first-order valence-corrected chi connectivity index (χ1v) is 8.35. The fraction of sp³-hybridized carbons (Fsp3) is 0.238. The largest absolute Gasteiger partial charge is 0.387 e. The van der Waals surface area contributed by atoms with E-state index < -0.39 is 11.5 Å². The number of amides is 2. The third-order valence-electron chi connectivity index (χ3n) is 4.87. The fourth-order valence-electron chi connectivity index (χ4n) is 3.49. The Hall–Kier alpha value is -2.72. The Balaban J connectivity index is 1.92. The predicted molar refractivity (Wildman–Crippen MR) is 95.8 cm³/mol. The second-order valence-electron chi connectivity index (χ2n) is 6.34. The van der Waals surface area contributed by atoms with Crippen molar-refractivity contribution in [1.82, 2.24) is 4.90 Å². The minimum atomic E-state index is -1.05. The molecule has 1 fully saturated rings. The van der Waals surface area contributed by atoms with Gasteiger partial charge in [-0.25, -0.2) is 0 Å². The Bertz CT molecular complexity index is 772. The third-order valence-corrected chi connectivity index (χ3v) is 4.87. The Morgan fingerprint density at radius 1 is 1.16 bits per heavy atom. The van der Waals surface area contributed by atoms with Gasteiger partial charge in [-0.05, 0) is 30.5 Å². The highest BCUT2D eigenvalue weighted by molar-refractivity contribution is 6.07. The second kappa shape index (κ2) is 7.03. The van der Waals surface area contributed by atoms with Gasteiger partial charge >= 0.3 is 0 Å². The van der Waals surface area contributed by atoms with E-state index in [-0.39, 0.29) is 11.8 Å². The molecule has 0 unspecified atom stereocenters. The third kappa shape index (κ3) is 3.01. The van der Waals surface area contributed by atoms with Crippen molar-refractivity contribution in [2.24, 2.45) is 5.41 Å². The average molecular weight is 335 g/mol. The SMILES string of the molecule is C=CC[C@]1([C@@H](O)c2ccccc2)CCN(C(=O)c2ccccc2)C1=O. The Kier molecular flexibility index (Phi) is 4.81. The summed E-state index contributed by atoms with van der Waals surface area (Å²) in [7, 11) is 0. The molecule has 0 bridgehead atoms. The van der Waals surface area contributed by atoms with Crippen molar-refractivity contribution in [3.05, 3.63) is 84.4 Å². The lowest BCUT2D eigenvalue weighted by molar-refractivity contribution is -0.140. The summed E-state index contributed by atoms with van der Waals surface area (Å²) in [5.74, 6) is -0.658. The number of hydrogen-bond donors (Lipinski definition) is 1. The Morgan fingerprint density at radius 3 is 2.36 bits per heavy atom. The van der Waals surface area contributed by atoms with Crippen LogP contribution in [0.25, 0.3) is 0 Å². The number of carbonyl (C=O) groups excluding carboxylic acids is 2. The second-order valence-corrected chi connectivity index (χ2v) is 6.34. The van der Waals surface area contributed by atoms with E-state index >= 15 is 0 Å². The monoisotopic (exact) mass is 335 g/mol. The van der Waals surface area contributed by atoms with Crippen molar-refractivity contribution in [2.75, 3.05) is 6.54 Å². The average Bonchev–Trinajstić information content (AvgIpc) is 2.99. The molecule has 0 radical (unpaired) electrons. The molecule has 1 N–H and O–H groups in total. The van der Waals surface area contributed by atoms with Gasteiger partial charge in [0.15, 0.2) is 0 Å². The number of carbonyl (C=O) groups is 2. The minimum absolute atomic E-state index is 0.296. The summed E-state index contributed by atoms with van der Waals surface area (Å²) in [4.78, 5) is 27.1. The topological polar surface area (TPSA) is 57.6 Å². The lowest BCUT2D eigenvalue weighted by Crippen LogP contribution is -2.41. The number of benzene rings is 2. The highest BCUT2D eigenvalue weighted by atomic mass is 16.3. The van der Waals surface area contributed by atoms with Crippen LogP contribution in [0.4, 0.5) is 0 Å². The molecule has 2 aromatic carbocycles. The van der Waals surface area contributed by atoms with Gasteiger partial charge in [-0.1, -0.05) is 54.6 Å². The molecule has 0 aliphatic carbocycles. The van der Waals surface area contributed by atoms with Crippen molar-refractivity contribution in [1.29, 1.82) is 0 Å². The number of nitrogens with zero attached hydrogens (tertiary/aromatic N) is 1. The van der Waals surface area contributed by atoms with E-state index in [2.05, 4.69) is 6.58 Å². The maximum absolute atomic E-state index is 13.1. The van der Waals surface area contributed by atoms with E-state index in [1.165, 1.54) is 4.90 Å². The molecule has 128 valence electrons. The zero-order valence-corrected chi connectivity index (χ0v) is 14.0. The van der Waals surface area contributed by atoms with E-state index in [0.29, 0.717) is 30.5 Å². The van der Waals surface area contributed by atoms with Crippen molar-refractivity contribution >= 4 is 11.8 Å². The number of aliphatic hydroxyl groups is 1. The highest BCUT2D eigenvalue weighted by Crippen LogP contribution is 2.46. The fourth-order valence-corrected chi connectivity index (χ4v) is 3.49. The number of hydrogen-bond acceptors (Lipinski definition) is 3. The van der Waals surface area contributed by atoms with Crippen LogP contribution in [0.2, 0.25) is 0 Å². The van der Waals surface area contributed by atoms with Crippen LogP contribution in [0, 0.1) is 5.41 Å². The van der Waals surface area contributed by atoms with Crippen LogP contribution >= 0.6 is 0 Å². The molecular weight excluding hydrogens is 314 g/mol. The zero-order chi connectivity index (χ0) is 17.9. The molecule has 2 amide bonds. The number of imide groups is 1. The summed E-state index contributed by atoms with van der Waals surface area (Å²) in [6.07, 6.45) is 1.39. The minimum Gasteiger partial charge on any atom is -0.387 e. The molecular formula is C21H21NO3. The van der Waals surface area contributed by atoms with Gasteiger partial charge < -0.3 is 5.11 Å². The standard InChI is InChI=1S/C21H21NO3/c1-2-13-21(18(23)16-9-5-3-6-10-16)14-15-22(20(21)25)19(24)17-11-7-4-8-12-17/h2-12,18,23H,1,13-15H2/t18-,21+/m0/s1. The molecule has 1 aliphatic heterocycles. The van der Waals surface area contributed by atoms with Gasteiger partial charge in [-0.15, -0.1) is 6.58 Å². The van der Waals surface area contributed by atoms with Gasteiger partial charge in [-0.3, -0.25) is 14.5 Å². The first-order chi connectivity index (χ1) is 12.1. The number of rotatable bonds is 5. The van der Waals surface area contributed by atoms with E-state index in [1.807, 2.05) is 24.3 Å². The maximum atomic E-state index is 13.1. The summed E-state index contributed by atoms with van der Waals surface area (Å²) in [6.45, 7) is 4.04. The van der Waals surface area contributed by atoms with Gasteiger partial charge in [0.2, 0.25) is 5.91 Å². The van der Waals surface area contributed by atoms with Gasteiger partial charge in [0.25, 0.3) is 5.91 Å². The molecule has 0 spiro atoms. The molecule has 1 aliphatic rings. The van der Waals surface area contributed by atoms with Crippen LogP contribution in [0.1, 0.15) is 34.9 Å². The molecule has 25 heavy (non-hydrogen) atoms. The number of aliphatic hydroxyl groups excluding tert-OH is 1. The highest BCUT2D eigenvalue weighted by Gasteiger charge is 2.52.